The second kappa shape index (κ2) is 4.49. The Morgan fingerprint density at radius 2 is 1.43 bits per heavy atom. The van der Waals surface area contributed by atoms with Gasteiger partial charge in [0.2, 0.25) is 0 Å². The van der Waals surface area contributed by atoms with E-state index in [0.29, 0.717) is 0 Å². The highest BCUT2D eigenvalue weighted by atomic mass is 16.3. The van der Waals surface area contributed by atoms with Crippen molar-refractivity contribution < 1.29 is 4.42 Å². The fourth-order valence-electron chi connectivity index (χ4n) is 3.00. The molecule has 0 radical (unpaired) electrons. The second-order valence-corrected chi connectivity index (χ2v) is 5.61. The fraction of sp³-hybridized carbons (Fsp3) is 0.100. The molecule has 1 aromatic heterocycles. The molecule has 4 aromatic rings. The zero-order chi connectivity index (χ0) is 14.4. The molecule has 0 aliphatic rings. The maximum atomic E-state index is 6.21. The second-order valence-electron chi connectivity index (χ2n) is 5.61. The van der Waals surface area contributed by atoms with E-state index in [2.05, 4.69) is 74.5 Å². The van der Waals surface area contributed by atoms with Crippen LogP contribution in [0.2, 0.25) is 0 Å². The maximum Gasteiger partial charge on any atom is 0.143 e. The monoisotopic (exact) mass is 272 g/mol. The number of fused-ring (bicyclic) bond motifs is 3. The van der Waals surface area contributed by atoms with E-state index in [9.17, 15) is 0 Å². The first-order valence-electron chi connectivity index (χ1n) is 7.22. The number of rotatable bonds is 1. The van der Waals surface area contributed by atoms with Gasteiger partial charge in [-0.25, -0.2) is 0 Å². The summed E-state index contributed by atoms with van der Waals surface area (Å²) < 4.78 is 6.21. The first-order valence-corrected chi connectivity index (χ1v) is 7.22. The highest BCUT2D eigenvalue weighted by Crippen LogP contribution is 2.36. The van der Waals surface area contributed by atoms with Crippen LogP contribution < -0.4 is 0 Å². The smallest absolute Gasteiger partial charge is 0.143 e. The molecule has 0 aliphatic carbocycles. The van der Waals surface area contributed by atoms with Crippen molar-refractivity contribution in [3.8, 4) is 11.1 Å². The Hall–Kier alpha value is -2.54. The highest BCUT2D eigenvalue weighted by molar-refractivity contribution is 6.10. The molecule has 3 aromatic carbocycles. The fourth-order valence-corrected chi connectivity index (χ4v) is 3.00. The minimum absolute atomic E-state index is 0.979. The van der Waals surface area contributed by atoms with Crippen LogP contribution in [-0.2, 0) is 0 Å². The summed E-state index contributed by atoms with van der Waals surface area (Å²) in [6.45, 7) is 4.21. The highest BCUT2D eigenvalue weighted by Gasteiger charge is 2.12. The summed E-state index contributed by atoms with van der Waals surface area (Å²) in [4.78, 5) is 0. The summed E-state index contributed by atoms with van der Waals surface area (Å²) in [5, 5.41) is 2.38. The van der Waals surface area contributed by atoms with Gasteiger partial charge in [0.25, 0.3) is 0 Å². The van der Waals surface area contributed by atoms with Crippen LogP contribution in [-0.4, -0.2) is 0 Å². The van der Waals surface area contributed by atoms with E-state index in [1.54, 1.807) is 0 Å². The first kappa shape index (κ1) is 12.2. The molecule has 21 heavy (non-hydrogen) atoms. The number of hydrogen-bond acceptors (Lipinski definition) is 1. The lowest BCUT2D eigenvalue weighted by Crippen LogP contribution is -1.80. The minimum Gasteiger partial charge on any atom is -0.455 e. The van der Waals surface area contributed by atoms with Crippen molar-refractivity contribution in [3.63, 3.8) is 0 Å². The van der Waals surface area contributed by atoms with Gasteiger partial charge in [0, 0.05) is 16.3 Å². The third kappa shape index (κ3) is 1.85. The number of aryl methyl sites for hydroxylation is 2. The molecular weight excluding hydrogens is 256 g/mol. The predicted molar refractivity (Wildman–Crippen MR) is 88.6 cm³/mol. The number of furan rings is 1. The van der Waals surface area contributed by atoms with E-state index in [1.807, 2.05) is 0 Å². The van der Waals surface area contributed by atoms with Crippen molar-refractivity contribution >= 4 is 21.9 Å². The normalized spacial score (nSPS) is 11.3. The van der Waals surface area contributed by atoms with Crippen LogP contribution in [0.1, 0.15) is 11.1 Å². The topological polar surface area (TPSA) is 13.1 Å². The van der Waals surface area contributed by atoms with Gasteiger partial charge in [-0.1, -0.05) is 66.2 Å². The molecule has 1 heterocycles. The van der Waals surface area contributed by atoms with Gasteiger partial charge in [0.15, 0.2) is 0 Å². The zero-order valence-corrected chi connectivity index (χ0v) is 12.2. The standard InChI is InChI=1S/C20H16O/c1-13-6-3-8-15(12-13)16-9-5-11-18-17-10-4-7-14(2)19(17)21-20(16)18/h3-12H,1-2H3. The Morgan fingerprint density at radius 3 is 2.24 bits per heavy atom. The minimum atomic E-state index is 0.979. The van der Waals surface area contributed by atoms with Crippen molar-refractivity contribution in [2.24, 2.45) is 0 Å². The van der Waals surface area contributed by atoms with Crippen molar-refractivity contribution in [1.82, 2.24) is 0 Å². The summed E-state index contributed by atoms with van der Waals surface area (Å²) >= 11 is 0. The lowest BCUT2D eigenvalue weighted by Gasteiger charge is -2.03. The van der Waals surface area contributed by atoms with E-state index in [1.165, 1.54) is 27.5 Å². The molecule has 0 bridgehead atoms. The molecule has 0 N–H and O–H groups in total. The summed E-state index contributed by atoms with van der Waals surface area (Å²) in [5.41, 5.74) is 6.78. The van der Waals surface area contributed by atoms with Gasteiger partial charge in [-0.3, -0.25) is 0 Å². The van der Waals surface area contributed by atoms with Crippen molar-refractivity contribution in [2.75, 3.05) is 0 Å². The van der Waals surface area contributed by atoms with E-state index < -0.39 is 0 Å². The van der Waals surface area contributed by atoms with Gasteiger partial charge in [-0.15, -0.1) is 0 Å². The van der Waals surface area contributed by atoms with Crippen LogP contribution in [0.15, 0.2) is 65.1 Å². The maximum absolute atomic E-state index is 6.21. The van der Waals surface area contributed by atoms with Crippen LogP contribution in [0.3, 0.4) is 0 Å². The van der Waals surface area contributed by atoms with Gasteiger partial charge < -0.3 is 4.42 Å². The van der Waals surface area contributed by atoms with Crippen molar-refractivity contribution in [2.45, 2.75) is 13.8 Å². The molecule has 0 saturated heterocycles. The van der Waals surface area contributed by atoms with Gasteiger partial charge in [-0.05, 0) is 25.0 Å². The van der Waals surface area contributed by atoms with Crippen LogP contribution in [0, 0.1) is 13.8 Å². The molecule has 0 unspecified atom stereocenters. The molecule has 0 amide bonds. The molecule has 4 rings (SSSR count). The lowest BCUT2D eigenvalue weighted by atomic mass is 10.0. The summed E-state index contributed by atoms with van der Waals surface area (Å²) in [5.74, 6) is 0. The average Bonchev–Trinajstić information content (AvgIpc) is 2.87. The van der Waals surface area contributed by atoms with Crippen molar-refractivity contribution in [1.29, 1.82) is 0 Å². The lowest BCUT2D eigenvalue weighted by molar-refractivity contribution is 0.667. The Morgan fingerprint density at radius 1 is 0.714 bits per heavy atom. The molecule has 0 spiro atoms. The summed E-state index contributed by atoms with van der Waals surface area (Å²) in [7, 11) is 0. The van der Waals surface area contributed by atoms with Gasteiger partial charge >= 0.3 is 0 Å². The van der Waals surface area contributed by atoms with E-state index in [0.717, 1.165) is 16.7 Å². The van der Waals surface area contributed by atoms with Crippen LogP contribution in [0.4, 0.5) is 0 Å². The van der Waals surface area contributed by atoms with E-state index in [4.69, 9.17) is 4.42 Å². The van der Waals surface area contributed by atoms with Gasteiger partial charge in [0.1, 0.15) is 11.2 Å². The average molecular weight is 272 g/mol. The quantitative estimate of drug-likeness (QED) is 0.422. The zero-order valence-electron chi connectivity index (χ0n) is 12.2. The Balaban J connectivity index is 2.11. The van der Waals surface area contributed by atoms with Gasteiger partial charge in [0.05, 0.1) is 0 Å². The van der Waals surface area contributed by atoms with E-state index in [-0.39, 0.29) is 0 Å². The largest absolute Gasteiger partial charge is 0.455 e. The van der Waals surface area contributed by atoms with Crippen LogP contribution in [0.25, 0.3) is 33.1 Å². The molecule has 0 aliphatic heterocycles. The van der Waals surface area contributed by atoms with Gasteiger partial charge in [-0.2, -0.15) is 0 Å². The molecule has 0 fully saturated rings. The molecular formula is C20H16O. The molecule has 1 nitrogen and oxygen atoms in total. The van der Waals surface area contributed by atoms with Crippen LogP contribution >= 0.6 is 0 Å². The summed E-state index contributed by atoms with van der Waals surface area (Å²) in [6, 6.07) is 21.3. The van der Waals surface area contributed by atoms with Crippen molar-refractivity contribution in [3.05, 3.63) is 71.8 Å². The Kier molecular flexibility index (Phi) is 2.61. The summed E-state index contributed by atoms with van der Waals surface area (Å²) in [6.07, 6.45) is 0. The third-order valence-electron chi connectivity index (χ3n) is 4.05. The first-order chi connectivity index (χ1) is 10.2. The molecule has 0 saturated carbocycles. The Bertz CT molecular complexity index is 960. The molecule has 0 atom stereocenters. The van der Waals surface area contributed by atoms with Crippen LogP contribution in [0.5, 0.6) is 0 Å². The number of benzene rings is 3. The molecule has 102 valence electrons. The number of hydrogen-bond donors (Lipinski definition) is 0. The van der Waals surface area contributed by atoms with E-state index >= 15 is 0 Å². The Labute approximate surface area is 123 Å². The SMILES string of the molecule is Cc1cccc(-c2cccc3c2oc2c(C)cccc23)c1. The number of para-hydroxylation sites is 2. The predicted octanol–water partition coefficient (Wildman–Crippen LogP) is 5.87. The molecule has 1 heteroatoms. The third-order valence-corrected chi connectivity index (χ3v) is 4.05.